The summed E-state index contributed by atoms with van der Waals surface area (Å²) in [5.74, 6) is 4.22. The van der Waals surface area contributed by atoms with Gasteiger partial charge in [-0.15, -0.1) is 22.7 Å². The minimum absolute atomic E-state index is 0.00753. The van der Waals surface area contributed by atoms with Crippen LogP contribution >= 0.6 is 22.7 Å². The number of thiophene rings is 2. The predicted octanol–water partition coefficient (Wildman–Crippen LogP) is 12.9. The molecule has 4 nitrogen and oxygen atoms in total. The third-order valence-electron chi connectivity index (χ3n) is 11.1. The second-order valence-electron chi connectivity index (χ2n) is 16.8. The molecule has 2 aromatic heterocycles. The number of nitrogens with zero attached hydrogens (tertiary/aromatic N) is 2. The Morgan fingerprint density at radius 2 is 0.800 bits per heavy atom. The SMILES string of the molecule is CC(C)CCCC(C)CCCC(C)CCN1C(=O)C2=C(c3cccs3)N(CCC(C)CCCC(C)CCCC(C)C)C(=O)C2=C1c1cccs1. The predicted molar refractivity (Wildman–Crippen MR) is 217 cm³/mol. The Balaban J connectivity index is 1.41. The van der Waals surface area contributed by atoms with Crippen molar-refractivity contribution in [2.45, 2.75) is 145 Å². The Labute approximate surface area is 313 Å². The molecular formula is C44H68N2O2S2. The normalized spacial score (nSPS) is 17.6. The summed E-state index contributed by atoms with van der Waals surface area (Å²) in [5.41, 5.74) is 2.94. The van der Waals surface area contributed by atoms with Crippen LogP contribution in [0.1, 0.15) is 155 Å². The van der Waals surface area contributed by atoms with E-state index in [-0.39, 0.29) is 11.8 Å². The fourth-order valence-corrected chi connectivity index (χ4v) is 9.39. The summed E-state index contributed by atoms with van der Waals surface area (Å²) in [4.78, 5) is 34.9. The van der Waals surface area contributed by atoms with E-state index in [1.54, 1.807) is 22.7 Å². The van der Waals surface area contributed by atoms with Crippen LogP contribution in [0.2, 0.25) is 0 Å². The first-order valence-electron chi connectivity index (χ1n) is 20.2. The molecule has 0 spiro atoms. The van der Waals surface area contributed by atoms with Gasteiger partial charge in [0, 0.05) is 13.1 Å². The van der Waals surface area contributed by atoms with Gasteiger partial charge < -0.3 is 9.80 Å². The molecule has 4 heterocycles. The van der Waals surface area contributed by atoms with Crippen molar-refractivity contribution in [3.63, 3.8) is 0 Å². The molecule has 0 N–H and O–H groups in total. The average molecular weight is 721 g/mol. The van der Waals surface area contributed by atoms with Gasteiger partial charge in [0.2, 0.25) is 0 Å². The molecular weight excluding hydrogens is 653 g/mol. The van der Waals surface area contributed by atoms with Gasteiger partial charge in [0.25, 0.3) is 11.8 Å². The van der Waals surface area contributed by atoms with Gasteiger partial charge in [0.05, 0.1) is 32.3 Å². The molecule has 4 rings (SSSR count). The summed E-state index contributed by atoms with van der Waals surface area (Å²) in [6.07, 6.45) is 17.3. The Bertz CT molecular complexity index is 1280. The second-order valence-corrected chi connectivity index (χ2v) is 18.7. The van der Waals surface area contributed by atoms with Crippen LogP contribution in [0.25, 0.3) is 11.4 Å². The lowest BCUT2D eigenvalue weighted by atomic mass is 9.92. The summed E-state index contributed by atoms with van der Waals surface area (Å²) >= 11 is 3.26. The van der Waals surface area contributed by atoms with E-state index in [0.717, 1.165) is 57.7 Å². The smallest absolute Gasteiger partial charge is 0.261 e. The van der Waals surface area contributed by atoms with Crippen molar-refractivity contribution in [3.05, 3.63) is 55.9 Å². The highest BCUT2D eigenvalue weighted by Gasteiger charge is 2.49. The van der Waals surface area contributed by atoms with E-state index in [2.05, 4.69) is 78.3 Å². The topological polar surface area (TPSA) is 40.6 Å². The quantitative estimate of drug-likeness (QED) is 0.108. The molecule has 2 aliphatic heterocycles. The molecule has 0 radical (unpaired) electrons. The van der Waals surface area contributed by atoms with Gasteiger partial charge in [-0.25, -0.2) is 0 Å². The number of hydrogen-bond acceptors (Lipinski definition) is 4. The van der Waals surface area contributed by atoms with Crippen LogP contribution in [0.5, 0.6) is 0 Å². The molecule has 50 heavy (non-hydrogen) atoms. The van der Waals surface area contributed by atoms with Crippen LogP contribution in [-0.4, -0.2) is 34.7 Å². The minimum Gasteiger partial charge on any atom is -0.306 e. The Hall–Kier alpha value is -2.18. The van der Waals surface area contributed by atoms with Gasteiger partial charge in [-0.2, -0.15) is 0 Å². The average Bonchev–Trinajstić information content (AvgIpc) is 3.86. The summed E-state index contributed by atoms with van der Waals surface area (Å²) < 4.78 is 0. The van der Waals surface area contributed by atoms with Gasteiger partial charge in [-0.1, -0.05) is 145 Å². The lowest BCUT2D eigenvalue weighted by Gasteiger charge is -2.26. The first kappa shape index (κ1) is 40.6. The third kappa shape index (κ3) is 11.4. The molecule has 278 valence electrons. The van der Waals surface area contributed by atoms with E-state index in [4.69, 9.17) is 0 Å². The van der Waals surface area contributed by atoms with E-state index in [1.807, 2.05) is 21.9 Å². The lowest BCUT2D eigenvalue weighted by molar-refractivity contribution is -0.124. The van der Waals surface area contributed by atoms with Crippen molar-refractivity contribution in [2.24, 2.45) is 35.5 Å². The summed E-state index contributed by atoms with van der Waals surface area (Å²) in [6.45, 7) is 20.1. The highest BCUT2D eigenvalue weighted by atomic mass is 32.1. The number of hydrogen-bond donors (Lipinski definition) is 0. The highest BCUT2D eigenvalue weighted by molar-refractivity contribution is 7.11. The summed E-state index contributed by atoms with van der Waals surface area (Å²) in [7, 11) is 0. The number of fused-ring (bicyclic) bond motifs is 1. The number of carbonyl (C=O) groups is 2. The first-order valence-corrected chi connectivity index (χ1v) is 21.9. The second kappa shape index (κ2) is 20.2. The molecule has 0 fully saturated rings. The van der Waals surface area contributed by atoms with Crippen LogP contribution in [-0.2, 0) is 9.59 Å². The van der Waals surface area contributed by atoms with Gasteiger partial charge in [0.15, 0.2) is 0 Å². The van der Waals surface area contributed by atoms with E-state index < -0.39 is 0 Å². The third-order valence-corrected chi connectivity index (χ3v) is 12.9. The van der Waals surface area contributed by atoms with Crippen LogP contribution in [0.3, 0.4) is 0 Å². The summed E-state index contributed by atoms with van der Waals surface area (Å²) in [6, 6.07) is 8.22. The number of amides is 2. The van der Waals surface area contributed by atoms with Crippen LogP contribution in [0, 0.1) is 35.5 Å². The van der Waals surface area contributed by atoms with Gasteiger partial charge in [0.1, 0.15) is 0 Å². The van der Waals surface area contributed by atoms with Crippen LogP contribution < -0.4 is 0 Å². The van der Waals surface area contributed by atoms with Crippen molar-refractivity contribution < 1.29 is 9.59 Å². The largest absolute Gasteiger partial charge is 0.306 e. The lowest BCUT2D eigenvalue weighted by Crippen LogP contribution is -2.31. The van der Waals surface area contributed by atoms with Gasteiger partial charge in [-0.05, 0) is 71.2 Å². The zero-order chi connectivity index (χ0) is 36.2. The Morgan fingerprint density at radius 1 is 0.480 bits per heavy atom. The fourth-order valence-electron chi connectivity index (χ4n) is 7.82. The number of rotatable bonds is 24. The van der Waals surface area contributed by atoms with Crippen LogP contribution in [0.4, 0.5) is 0 Å². The van der Waals surface area contributed by atoms with E-state index in [9.17, 15) is 9.59 Å². The molecule has 4 unspecified atom stereocenters. The molecule has 6 heteroatoms. The zero-order valence-electron chi connectivity index (χ0n) is 32.8. The summed E-state index contributed by atoms with van der Waals surface area (Å²) in [5, 5.41) is 4.12. The molecule has 2 amide bonds. The highest BCUT2D eigenvalue weighted by Crippen LogP contribution is 2.48. The van der Waals surface area contributed by atoms with Gasteiger partial charge in [-0.3, -0.25) is 9.59 Å². The minimum atomic E-state index is 0.00753. The van der Waals surface area contributed by atoms with Crippen molar-refractivity contribution in [2.75, 3.05) is 13.1 Å². The van der Waals surface area contributed by atoms with Gasteiger partial charge >= 0.3 is 0 Å². The maximum Gasteiger partial charge on any atom is 0.261 e. The van der Waals surface area contributed by atoms with Crippen molar-refractivity contribution >= 4 is 45.9 Å². The molecule has 4 atom stereocenters. The fraction of sp³-hybridized carbons (Fsp3) is 0.682. The molecule has 0 saturated carbocycles. The molecule has 0 aliphatic carbocycles. The maximum absolute atomic E-state index is 14.5. The standard InChI is InChI=1S/C44H68N2O2S2/c1-31(2)15-9-17-33(5)19-11-21-35(7)25-27-45-41(37-23-13-29-49-37)39-40(43(45)47)42(38-24-14-30-50-38)46(44(39)48)28-26-36(8)22-12-20-34(6)18-10-16-32(3)4/h13-14,23-24,29-36H,9-12,15-22,25-28H2,1-8H3. The van der Waals surface area contributed by atoms with Crippen molar-refractivity contribution in [3.8, 4) is 0 Å². The molecule has 0 bridgehead atoms. The first-order chi connectivity index (χ1) is 24.0. The molecule has 2 aliphatic rings. The van der Waals surface area contributed by atoms with Crippen molar-refractivity contribution in [1.29, 1.82) is 0 Å². The van der Waals surface area contributed by atoms with Crippen molar-refractivity contribution in [1.82, 2.24) is 9.80 Å². The van der Waals surface area contributed by atoms with E-state index in [1.165, 1.54) is 77.0 Å². The molecule has 2 aromatic rings. The Kier molecular flexibility index (Phi) is 16.4. The molecule has 0 aromatic carbocycles. The molecule has 0 saturated heterocycles. The monoisotopic (exact) mass is 720 g/mol. The van der Waals surface area contributed by atoms with Crippen LogP contribution in [0.15, 0.2) is 46.2 Å². The Morgan fingerprint density at radius 3 is 1.10 bits per heavy atom. The number of carbonyl (C=O) groups excluding carboxylic acids is 2. The van der Waals surface area contributed by atoms with E-state index >= 15 is 0 Å². The maximum atomic E-state index is 14.5. The zero-order valence-corrected chi connectivity index (χ0v) is 34.4. The van der Waals surface area contributed by atoms with E-state index in [0.29, 0.717) is 36.1 Å².